The van der Waals surface area contributed by atoms with Gasteiger partial charge in [-0.05, 0) is 66.0 Å². The molecule has 0 aliphatic heterocycles. The second kappa shape index (κ2) is 17.1. The number of carbonyl (C=O) groups excluding carboxylic acids is 2. The molecule has 0 N–H and O–H groups in total. The van der Waals surface area contributed by atoms with Gasteiger partial charge in [0.2, 0.25) is 0 Å². The van der Waals surface area contributed by atoms with E-state index in [0.29, 0.717) is 22.3 Å². The predicted octanol–water partition coefficient (Wildman–Crippen LogP) is 15.0. The Labute approximate surface area is 380 Å². The molecule has 2 nitrogen and oxygen atoms in total. The van der Waals surface area contributed by atoms with Gasteiger partial charge in [-0.15, -0.1) is 23.1 Å². The lowest BCUT2D eigenvalue weighted by Crippen LogP contribution is -2.21. The van der Waals surface area contributed by atoms with Gasteiger partial charge in [-0.3, -0.25) is 9.59 Å². The smallest absolute Gasteiger partial charge is 0.195 e. The third-order valence-electron chi connectivity index (χ3n) is 11.3. The summed E-state index contributed by atoms with van der Waals surface area (Å²) < 4.78 is 0. The van der Waals surface area contributed by atoms with Crippen LogP contribution in [0.3, 0.4) is 0 Å². The Morgan fingerprint density at radius 1 is 0.359 bits per heavy atom. The lowest BCUT2D eigenvalue weighted by molar-refractivity contribution is 0.0981. The Hall–Kier alpha value is -6.79. The van der Waals surface area contributed by atoms with Crippen molar-refractivity contribution in [3.05, 3.63) is 179 Å². The number of fused-ring (bicyclic) bond motifs is 12. The monoisotopic (exact) mass is 876 g/mol. The summed E-state index contributed by atoms with van der Waals surface area (Å²) in [5.74, 6) is 7.26. The van der Waals surface area contributed by atoms with Crippen LogP contribution < -0.4 is 0 Å². The quantitative estimate of drug-likeness (QED) is 0.0658. The van der Waals surface area contributed by atoms with Gasteiger partial charge in [0.15, 0.2) is 11.6 Å². The highest BCUT2D eigenvalue weighted by atomic mass is 28.3. The van der Waals surface area contributed by atoms with Crippen molar-refractivity contribution in [3.8, 4) is 34.9 Å². The van der Waals surface area contributed by atoms with Gasteiger partial charge in [0, 0.05) is 44.2 Å². The molecule has 1 aliphatic rings. The molecule has 0 saturated heterocycles. The lowest BCUT2D eigenvalue weighted by atomic mass is 9.80. The highest BCUT2D eigenvalue weighted by Gasteiger charge is 2.32. The summed E-state index contributed by atoms with van der Waals surface area (Å²) in [6.45, 7) is 20.3. The fraction of sp³-hybridized carbons (Fsp3) is 0.153. The van der Waals surface area contributed by atoms with E-state index in [9.17, 15) is 9.59 Å². The third-order valence-corrected chi connectivity index (χ3v) is 13.9. The molecular weight excluding hydrogens is 825 g/mol. The highest BCUT2D eigenvalue weighted by Crippen LogP contribution is 2.40. The second-order valence-corrected chi connectivity index (χ2v) is 33.9. The van der Waals surface area contributed by atoms with Crippen LogP contribution in [0.25, 0.3) is 64.6 Å². The van der Waals surface area contributed by atoms with Gasteiger partial charge in [-0.2, -0.15) is 0 Å². The third kappa shape index (κ3) is 8.75. The van der Waals surface area contributed by atoms with Gasteiger partial charge in [-0.25, -0.2) is 0 Å². The van der Waals surface area contributed by atoms with Crippen LogP contribution in [0.15, 0.2) is 146 Å². The minimum atomic E-state index is -1.57. The molecule has 312 valence electrons. The van der Waals surface area contributed by atoms with Crippen molar-refractivity contribution in [2.24, 2.45) is 0 Å². The molecule has 9 aromatic rings. The molecule has 0 fully saturated rings. The van der Waals surface area contributed by atoms with Crippen LogP contribution in [0.1, 0.15) is 43.0 Å². The minimum absolute atomic E-state index is 0.0675. The van der Waals surface area contributed by atoms with Crippen LogP contribution in [0.2, 0.25) is 58.9 Å². The molecule has 0 atom stereocenters. The van der Waals surface area contributed by atoms with E-state index < -0.39 is 24.2 Å². The average Bonchev–Trinajstić information content (AvgIpc) is 3.27. The van der Waals surface area contributed by atoms with Crippen LogP contribution in [0.5, 0.6) is 0 Å². The molecular formula is C59H52O2Si3. The Morgan fingerprint density at radius 3 is 0.984 bits per heavy atom. The molecule has 5 heteroatoms. The van der Waals surface area contributed by atoms with Crippen LogP contribution in [-0.2, 0) is 0 Å². The Balaban J connectivity index is 0.000000162. The van der Waals surface area contributed by atoms with Crippen molar-refractivity contribution >= 4 is 100 Å². The standard InChI is InChI=1S/C32H30Si2.C22H12O2.C5H10Si/c1-33(2,3)21-19-29-27-17-15-24-12-8-10-14-26(24)32(27)30(20-22-34(4,5)6)28-18-16-23-11-7-9-13-25(23)31(28)29;23-21-18-12-10-14-6-2-4-8-16(14)20(18)22(24)17-11-9-13-5-1-3-7-15(13)19(17)21;1-5-6(2,3)4/h7-18H,1-6H3;1-12H;1H,2-4H3. The maximum Gasteiger partial charge on any atom is 0.195 e. The number of ketones is 2. The zero-order valence-electron chi connectivity index (χ0n) is 38.3. The topological polar surface area (TPSA) is 34.1 Å². The summed E-state index contributed by atoms with van der Waals surface area (Å²) in [6.07, 6.45) is 5.12. The number of benzene rings is 9. The van der Waals surface area contributed by atoms with Crippen LogP contribution in [0.4, 0.5) is 0 Å². The van der Waals surface area contributed by atoms with E-state index in [4.69, 9.17) is 6.42 Å². The first kappa shape index (κ1) is 43.8. The summed E-state index contributed by atoms with van der Waals surface area (Å²) in [6, 6.07) is 49.2. The van der Waals surface area contributed by atoms with Crippen molar-refractivity contribution in [1.29, 1.82) is 0 Å². The number of hydrogen-bond donors (Lipinski definition) is 0. The summed E-state index contributed by atoms with van der Waals surface area (Å²) in [5.41, 5.74) is 14.4. The summed E-state index contributed by atoms with van der Waals surface area (Å²) in [7, 11) is -4.25. The van der Waals surface area contributed by atoms with E-state index in [1.165, 1.54) is 43.1 Å². The van der Waals surface area contributed by atoms with Gasteiger partial charge in [0.1, 0.15) is 24.2 Å². The van der Waals surface area contributed by atoms with Gasteiger partial charge in [-0.1, -0.05) is 204 Å². The first-order chi connectivity index (χ1) is 30.4. The largest absolute Gasteiger partial charge is 0.289 e. The maximum atomic E-state index is 13.2. The van der Waals surface area contributed by atoms with Crippen molar-refractivity contribution in [2.45, 2.75) is 58.9 Å². The van der Waals surface area contributed by atoms with Crippen molar-refractivity contribution in [3.63, 3.8) is 0 Å². The Morgan fingerprint density at radius 2 is 0.656 bits per heavy atom. The molecule has 10 rings (SSSR count). The average molecular weight is 877 g/mol. The van der Waals surface area contributed by atoms with Gasteiger partial charge in [0.05, 0.1) is 0 Å². The van der Waals surface area contributed by atoms with Gasteiger partial charge >= 0.3 is 0 Å². The van der Waals surface area contributed by atoms with E-state index in [0.717, 1.165) is 32.7 Å². The van der Waals surface area contributed by atoms with E-state index >= 15 is 0 Å². The van der Waals surface area contributed by atoms with Gasteiger partial charge < -0.3 is 0 Å². The molecule has 64 heavy (non-hydrogen) atoms. The van der Waals surface area contributed by atoms with Gasteiger partial charge in [0.25, 0.3) is 0 Å². The first-order valence-corrected chi connectivity index (χ1v) is 32.4. The molecule has 0 aromatic heterocycles. The van der Waals surface area contributed by atoms with Crippen molar-refractivity contribution < 1.29 is 9.59 Å². The van der Waals surface area contributed by atoms with E-state index in [2.05, 4.69) is 160 Å². The van der Waals surface area contributed by atoms with Crippen LogP contribution in [-0.4, -0.2) is 35.8 Å². The number of carbonyl (C=O) groups is 2. The molecule has 0 spiro atoms. The zero-order valence-corrected chi connectivity index (χ0v) is 41.3. The molecule has 1 aliphatic carbocycles. The highest BCUT2D eigenvalue weighted by molar-refractivity contribution is 6.84. The molecule has 0 amide bonds. The fourth-order valence-electron chi connectivity index (χ4n) is 8.21. The van der Waals surface area contributed by atoms with E-state index in [-0.39, 0.29) is 11.6 Å². The summed E-state index contributed by atoms with van der Waals surface area (Å²) in [5, 5.41) is 13.5. The van der Waals surface area contributed by atoms with Crippen molar-refractivity contribution in [2.75, 3.05) is 0 Å². The summed E-state index contributed by atoms with van der Waals surface area (Å²) >= 11 is 0. The molecule has 0 saturated carbocycles. The molecule has 0 radical (unpaired) electrons. The van der Waals surface area contributed by atoms with Crippen LogP contribution >= 0.6 is 0 Å². The molecule has 0 heterocycles. The predicted molar refractivity (Wildman–Crippen MR) is 284 cm³/mol. The second-order valence-electron chi connectivity index (χ2n) is 19.6. The number of rotatable bonds is 0. The van der Waals surface area contributed by atoms with E-state index in [1.54, 1.807) is 12.1 Å². The minimum Gasteiger partial charge on any atom is -0.289 e. The normalized spacial score (nSPS) is 12.2. The summed E-state index contributed by atoms with van der Waals surface area (Å²) in [4.78, 5) is 26.3. The number of terminal acetylenes is 1. The molecule has 0 unspecified atom stereocenters. The van der Waals surface area contributed by atoms with E-state index in [1.807, 2.05) is 60.7 Å². The number of hydrogen-bond acceptors (Lipinski definition) is 2. The Bertz CT molecular complexity index is 3340. The SMILES string of the molecule is C#C[Si](C)(C)C.C[Si](C)(C)C#Cc1c2ccc3ccccc3c2c(C#C[Si](C)(C)C)c2ccc3ccccc3c12.O=C1c2ccc3ccccc3c2C(=O)c2ccc3ccccc3c21. The lowest BCUT2D eigenvalue weighted by Gasteiger charge is -2.20. The van der Waals surface area contributed by atoms with Crippen molar-refractivity contribution in [1.82, 2.24) is 0 Å². The molecule has 0 bridgehead atoms. The maximum absolute atomic E-state index is 13.2. The fourth-order valence-corrected chi connectivity index (χ4v) is 9.21. The Kier molecular flexibility index (Phi) is 11.7. The first-order valence-electron chi connectivity index (χ1n) is 21.9. The van der Waals surface area contributed by atoms with Crippen LogP contribution in [0, 0.1) is 34.9 Å². The molecule has 9 aromatic carbocycles. The zero-order chi connectivity index (χ0) is 45.6.